The summed E-state index contributed by atoms with van der Waals surface area (Å²) in [6, 6.07) is 8.14. The number of fused-ring (bicyclic) bond motifs is 1. The number of benzene rings is 1. The quantitative estimate of drug-likeness (QED) is 0.737. The fourth-order valence-electron chi connectivity index (χ4n) is 1.80. The number of aromatic nitrogens is 1. The molecule has 1 aliphatic heterocycles. The van der Waals surface area contributed by atoms with E-state index in [0.717, 1.165) is 28.6 Å². The molecule has 0 aliphatic carbocycles. The minimum absolute atomic E-state index is 0. The van der Waals surface area contributed by atoms with Crippen molar-refractivity contribution in [2.24, 2.45) is 0 Å². The second-order valence-corrected chi connectivity index (χ2v) is 3.48. The predicted octanol–water partition coefficient (Wildman–Crippen LogP) is 3.07. The Morgan fingerprint density at radius 2 is 2.12 bits per heavy atom. The number of rotatable bonds is 1. The molecule has 0 saturated heterocycles. The van der Waals surface area contributed by atoms with E-state index in [4.69, 9.17) is 4.74 Å². The first-order chi connectivity index (χ1) is 7.45. The molecule has 0 bridgehead atoms. The second kappa shape index (κ2) is 4.67. The maximum Gasteiger partial charge on any atom is 0.128 e. The number of hydrogen-bond acceptors (Lipinski definition) is 1. The summed E-state index contributed by atoms with van der Waals surface area (Å²) < 4.78 is 5.48. The molecule has 0 amide bonds. The maximum absolute atomic E-state index is 5.48. The summed E-state index contributed by atoms with van der Waals surface area (Å²) in [5, 5.41) is 1.16. The summed E-state index contributed by atoms with van der Waals surface area (Å²) in [6.07, 6.45) is 8.54. The summed E-state index contributed by atoms with van der Waals surface area (Å²) in [6.45, 7) is 0. The van der Waals surface area contributed by atoms with Crippen LogP contribution in [0.1, 0.15) is 12.0 Å². The largest absolute Gasteiger partial charge is 0.663 e. The maximum atomic E-state index is 5.48. The summed E-state index contributed by atoms with van der Waals surface area (Å²) in [7, 11) is 0. The number of nitrogens with zero attached hydrogens (tertiary/aromatic N) is 1. The summed E-state index contributed by atoms with van der Waals surface area (Å²) in [5.74, 6) is 0.904. The first kappa shape index (κ1) is 11.2. The van der Waals surface area contributed by atoms with E-state index in [-0.39, 0.29) is 19.5 Å². The van der Waals surface area contributed by atoms with Gasteiger partial charge in [0.1, 0.15) is 5.76 Å². The third kappa shape index (κ3) is 1.83. The van der Waals surface area contributed by atoms with Gasteiger partial charge in [0.25, 0.3) is 0 Å². The van der Waals surface area contributed by atoms with Gasteiger partial charge >= 0.3 is 0 Å². The predicted molar refractivity (Wildman–Crippen MR) is 60.1 cm³/mol. The van der Waals surface area contributed by atoms with Crippen LogP contribution in [-0.2, 0) is 24.2 Å². The van der Waals surface area contributed by atoms with Crippen molar-refractivity contribution in [2.75, 3.05) is 0 Å². The van der Waals surface area contributed by atoms with Gasteiger partial charge in [-0.05, 0) is 24.0 Å². The van der Waals surface area contributed by atoms with Crippen LogP contribution in [0, 0.1) is 0 Å². The zero-order valence-corrected chi connectivity index (χ0v) is 11.9. The number of hydrogen-bond donors (Lipinski definition) is 0. The molecule has 76 valence electrons. The van der Waals surface area contributed by atoms with E-state index >= 15 is 0 Å². The van der Waals surface area contributed by atoms with Crippen LogP contribution in [0.4, 0.5) is 0 Å². The van der Waals surface area contributed by atoms with Crippen LogP contribution < -0.4 is 4.98 Å². The molecule has 0 fully saturated rings. The Balaban J connectivity index is 0.000000963. The molecule has 2 aromatic rings. The molecule has 0 saturated carbocycles. The van der Waals surface area contributed by atoms with Crippen molar-refractivity contribution in [3.63, 3.8) is 0 Å². The third-order valence-corrected chi connectivity index (χ3v) is 2.52. The molecule has 1 aromatic heterocycles. The third-order valence-electron chi connectivity index (χ3n) is 2.52. The van der Waals surface area contributed by atoms with E-state index in [1.165, 1.54) is 0 Å². The van der Waals surface area contributed by atoms with Crippen LogP contribution in [0.15, 0.2) is 48.9 Å². The normalized spacial score (nSPS) is 14.1. The monoisotopic (exact) mass is 260 g/mol. The minimum atomic E-state index is 0. The van der Waals surface area contributed by atoms with Gasteiger partial charge in [0.15, 0.2) is 0 Å². The molecule has 3 rings (SSSR count). The van der Waals surface area contributed by atoms with E-state index in [1.54, 1.807) is 6.26 Å². The summed E-state index contributed by atoms with van der Waals surface area (Å²) in [5.41, 5.74) is 2.08. The van der Waals surface area contributed by atoms with Gasteiger partial charge in [-0.15, -0.1) is 5.52 Å². The molecule has 0 unspecified atom stereocenters. The first-order valence-corrected chi connectivity index (χ1v) is 4.98. The average molecular weight is 262 g/mol. The van der Waals surface area contributed by atoms with Crippen LogP contribution in [0.25, 0.3) is 16.7 Å². The Hall–Kier alpha value is -1.34. The van der Waals surface area contributed by atoms with E-state index < -0.39 is 0 Å². The Morgan fingerprint density at radius 3 is 2.94 bits per heavy atom. The van der Waals surface area contributed by atoms with Crippen molar-refractivity contribution < 1.29 is 24.2 Å². The van der Waals surface area contributed by atoms with Crippen molar-refractivity contribution in [3.8, 4) is 0 Å². The van der Waals surface area contributed by atoms with Crippen molar-refractivity contribution >= 4 is 16.7 Å². The zero-order chi connectivity index (χ0) is 10.1. The minimum Gasteiger partial charge on any atom is -0.663 e. The van der Waals surface area contributed by atoms with Crippen molar-refractivity contribution in [1.29, 1.82) is 0 Å². The SMILES string of the molecule is C1=COC(c2cccc3cc[n-]c23)=CC1.[Zn]. The molecular formula is C13H10NOZn-. The van der Waals surface area contributed by atoms with Gasteiger partial charge in [0.2, 0.25) is 0 Å². The first-order valence-electron chi connectivity index (χ1n) is 4.98. The van der Waals surface area contributed by atoms with Gasteiger partial charge in [0.05, 0.1) is 6.26 Å². The molecule has 0 atom stereocenters. The van der Waals surface area contributed by atoms with Gasteiger partial charge in [-0.3, -0.25) is 0 Å². The number of allylic oxidation sites excluding steroid dienone is 2. The summed E-state index contributed by atoms with van der Waals surface area (Å²) >= 11 is 0. The fourth-order valence-corrected chi connectivity index (χ4v) is 1.80. The van der Waals surface area contributed by atoms with Gasteiger partial charge in [-0.25, -0.2) is 0 Å². The number of para-hydroxylation sites is 1. The van der Waals surface area contributed by atoms with Crippen molar-refractivity contribution in [2.45, 2.75) is 6.42 Å². The summed E-state index contributed by atoms with van der Waals surface area (Å²) in [4.78, 5) is 4.35. The smallest absolute Gasteiger partial charge is 0.128 e. The van der Waals surface area contributed by atoms with Gasteiger partial charge in [-0.2, -0.15) is 6.20 Å². The Kier molecular flexibility index (Phi) is 3.26. The molecule has 1 aromatic carbocycles. The van der Waals surface area contributed by atoms with Crippen LogP contribution >= 0.6 is 0 Å². The molecule has 0 N–H and O–H groups in total. The van der Waals surface area contributed by atoms with E-state index in [0.29, 0.717) is 0 Å². The van der Waals surface area contributed by atoms with Crippen LogP contribution in [0.3, 0.4) is 0 Å². The average Bonchev–Trinajstić information content (AvgIpc) is 2.78. The van der Waals surface area contributed by atoms with Crippen LogP contribution in [-0.4, -0.2) is 0 Å². The van der Waals surface area contributed by atoms with Crippen LogP contribution in [0.5, 0.6) is 0 Å². The Bertz CT molecular complexity index is 554. The van der Waals surface area contributed by atoms with Crippen molar-refractivity contribution in [3.05, 3.63) is 54.4 Å². The second-order valence-electron chi connectivity index (χ2n) is 3.48. The van der Waals surface area contributed by atoms with E-state index in [1.807, 2.05) is 30.5 Å². The Labute approximate surface area is 107 Å². The van der Waals surface area contributed by atoms with Crippen LogP contribution in [0.2, 0.25) is 0 Å². The molecule has 16 heavy (non-hydrogen) atoms. The van der Waals surface area contributed by atoms with Gasteiger partial charge < -0.3 is 9.72 Å². The van der Waals surface area contributed by atoms with E-state index in [2.05, 4.69) is 17.1 Å². The molecule has 2 nitrogen and oxygen atoms in total. The molecule has 1 aliphatic rings. The van der Waals surface area contributed by atoms with Gasteiger partial charge in [0, 0.05) is 25.0 Å². The zero-order valence-electron chi connectivity index (χ0n) is 8.89. The molecule has 0 spiro atoms. The molecule has 0 radical (unpaired) electrons. The van der Waals surface area contributed by atoms with Gasteiger partial charge in [-0.1, -0.05) is 24.3 Å². The number of ether oxygens (including phenoxy) is 1. The van der Waals surface area contributed by atoms with Crippen molar-refractivity contribution in [1.82, 2.24) is 4.98 Å². The fraction of sp³-hybridized carbons (Fsp3) is 0.0769. The molecule has 2 heterocycles. The standard InChI is InChI=1S/C13H10NO.Zn/c1-2-9-15-12(6-1)11-5-3-4-10-7-8-14-13(10)11;/h2-9H,1H2;/q-1;. The molecule has 3 heteroatoms. The Morgan fingerprint density at radius 1 is 1.19 bits per heavy atom. The molecular weight excluding hydrogens is 252 g/mol. The topological polar surface area (TPSA) is 23.3 Å². The van der Waals surface area contributed by atoms with E-state index in [9.17, 15) is 0 Å².